The minimum atomic E-state index is 0.0667. The van der Waals surface area contributed by atoms with E-state index in [1.807, 2.05) is 32.0 Å². The molecule has 5 heteroatoms. The molecule has 0 radical (unpaired) electrons. The fraction of sp³-hybridized carbons (Fsp3) is 0.467. The van der Waals surface area contributed by atoms with E-state index in [9.17, 15) is 0 Å². The zero-order valence-corrected chi connectivity index (χ0v) is 12.5. The third-order valence-electron chi connectivity index (χ3n) is 2.95. The van der Waals surface area contributed by atoms with Crippen molar-refractivity contribution in [3.63, 3.8) is 0 Å². The van der Waals surface area contributed by atoms with Gasteiger partial charge in [-0.3, -0.25) is 0 Å². The lowest BCUT2D eigenvalue weighted by Crippen LogP contribution is -2.10. The summed E-state index contributed by atoms with van der Waals surface area (Å²) in [6.07, 6.45) is 1.06. The van der Waals surface area contributed by atoms with Crippen LogP contribution in [0.5, 0.6) is 0 Å². The first-order valence-corrected chi connectivity index (χ1v) is 7.01. The van der Waals surface area contributed by atoms with E-state index >= 15 is 0 Å². The second kappa shape index (κ2) is 6.41. The van der Waals surface area contributed by atoms with Crippen LogP contribution >= 0.6 is 0 Å². The highest BCUT2D eigenvalue weighted by atomic mass is 16.3. The SMILES string of the molecule is CCCNc1cc(NC(C)c2ccc(C)o2)nc(C)n1. The van der Waals surface area contributed by atoms with E-state index < -0.39 is 0 Å². The van der Waals surface area contributed by atoms with Gasteiger partial charge in [0.1, 0.15) is 29.0 Å². The van der Waals surface area contributed by atoms with E-state index in [2.05, 4.69) is 34.4 Å². The predicted octanol–water partition coefficient (Wildman–Crippen LogP) is 3.68. The van der Waals surface area contributed by atoms with Gasteiger partial charge in [-0.05, 0) is 39.3 Å². The van der Waals surface area contributed by atoms with Gasteiger partial charge in [0, 0.05) is 12.6 Å². The third-order valence-corrected chi connectivity index (χ3v) is 2.95. The second-order valence-corrected chi connectivity index (χ2v) is 4.93. The lowest BCUT2D eigenvalue weighted by molar-refractivity contribution is 0.466. The van der Waals surface area contributed by atoms with E-state index in [1.54, 1.807) is 0 Å². The van der Waals surface area contributed by atoms with Gasteiger partial charge in [-0.2, -0.15) is 0 Å². The normalized spacial score (nSPS) is 12.2. The fourth-order valence-electron chi connectivity index (χ4n) is 1.96. The average Bonchev–Trinajstić information content (AvgIpc) is 2.82. The van der Waals surface area contributed by atoms with Crippen molar-refractivity contribution in [2.75, 3.05) is 17.2 Å². The summed E-state index contributed by atoms with van der Waals surface area (Å²) in [5.74, 6) is 4.22. The molecule has 0 bridgehead atoms. The van der Waals surface area contributed by atoms with Crippen LogP contribution < -0.4 is 10.6 Å². The van der Waals surface area contributed by atoms with Gasteiger partial charge < -0.3 is 15.1 Å². The molecule has 0 aliphatic carbocycles. The standard InChI is InChI=1S/C15H22N4O/c1-5-8-16-14-9-15(19-12(4)18-14)17-11(3)13-7-6-10(2)20-13/h6-7,9,11H,5,8H2,1-4H3,(H2,16,17,18,19). The van der Waals surface area contributed by atoms with Crippen molar-refractivity contribution in [3.8, 4) is 0 Å². The largest absolute Gasteiger partial charge is 0.464 e. The Bertz CT molecular complexity index is 565. The molecule has 1 atom stereocenters. The number of aromatic nitrogens is 2. The molecule has 2 aromatic rings. The summed E-state index contributed by atoms with van der Waals surface area (Å²) >= 11 is 0. The van der Waals surface area contributed by atoms with Crippen LogP contribution in [0.2, 0.25) is 0 Å². The molecular weight excluding hydrogens is 252 g/mol. The summed E-state index contributed by atoms with van der Waals surface area (Å²) < 4.78 is 5.62. The molecule has 2 heterocycles. The van der Waals surface area contributed by atoms with E-state index in [1.165, 1.54) is 0 Å². The van der Waals surface area contributed by atoms with Crippen LogP contribution in [-0.2, 0) is 0 Å². The zero-order chi connectivity index (χ0) is 14.5. The Hall–Kier alpha value is -2.04. The molecule has 2 rings (SSSR count). The van der Waals surface area contributed by atoms with E-state index in [-0.39, 0.29) is 6.04 Å². The van der Waals surface area contributed by atoms with Gasteiger partial charge in [0.25, 0.3) is 0 Å². The van der Waals surface area contributed by atoms with Crippen molar-refractivity contribution in [1.29, 1.82) is 0 Å². The summed E-state index contributed by atoms with van der Waals surface area (Å²) in [5.41, 5.74) is 0. The highest BCUT2D eigenvalue weighted by Crippen LogP contribution is 2.21. The topological polar surface area (TPSA) is 63.0 Å². The summed E-state index contributed by atoms with van der Waals surface area (Å²) in [4.78, 5) is 8.78. The summed E-state index contributed by atoms with van der Waals surface area (Å²) in [6, 6.07) is 5.94. The molecule has 0 amide bonds. The lowest BCUT2D eigenvalue weighted by Gasteiger charge is -2.14. The lowest BCUT2D eigenvalue weighted by atomic mass is 10.2. The van der Waals surface area contributed by atoms with E-state index in [0.717, 1.165) is 41.9 Å². The third kappa shape index (κ3) is 3.73. The molecule has 0 aliphatic rings. The first-order valence-electron chi connectivity index (χ1n) is 7.01. The van der Waals surface area contributed by atoms with Gasteiger partial charge in [-0.15, -0.1) is 0 Å². The Labute approximate surface area is 119 Å². The van der Waals surface area contributed by atoms with Gasteiger partial charge in [-0.25, -0.2) is 9.97 Å². The Kier molecular flexibility index (Phi) is 4.61. The van der Waals surface area contributed by atoms with Crippen molar-refractivity contribution in [2.45, 2.75) is 40.2 Å². The maximum atomic E-state index is 5.62. The van der Waals surface area contributed by atoms with Gasteiger partial charge in [0.15, 0.2) is 0 Å². The number of hydrogen-bond donors (Lipinski definition) is 2. The Morgan fingerprint density at radius 2 is 1.95 bits per heavy atom. The number of nitrogens with one attached hydrogen (secondary N) is 2. The molecule has 0 aromatic carbocycles. The minimum absolute atomic E-state index is 0.0667. The summed E-state index contributed by atoms with van der Waals surface area (Å²) in [6.45, 7) is 8.92. The number of anilines is 2. The van der Waals surface area contributed by atoms with Crippen molar-refractivity contribution >= 4 is 11.6 Å². The average molecular weight is 274 g/mol. The van der Waals surface area contributed by atoms with E-state index in [0.29, 0.717) is 0 Å². The number of rotatable bonds is 6. The molecule has 0 saturated heterocycles. The fourth-order valence-corrected chi connectivity index (χ4v) is 1.96. The molecule has 20 heavy (non-hydrogen) atoms. The van der Waals surface area contributed by atoms with Crippen molar-refractivity contribution < 1.29 is 4.42 Å². The van der Waals surface area contributed by atoms with Crippen molar-refractivity contribution in [2.24, 2.45) is 0 Å². The van der Waals surface area contributed by atoms with Gasteiger partial charge >= 0.3 is 0 Å². The van der Waals surface area contributed by atoms with Gasteiger partial charge in [0.05, 0.1) is 6.04 Å². The first-order chi connectivity index (χ1) is 9.58. The Balaban J connectivity index is 2.10. The monoisotopic (exact) mass is 274 g/mol. The smallest absolute Gasteiger partial charge is 0.132 e. The highest BCUT2D eigenvalue weighted by molar-refractivity contribution is 5.48. The molecule has 1 unspecified atom stereocenters. The minimum Gasteiger partial charge on any atom is -0.464 e. The maximum Gasteiger partial charge on any atom is 0.132 e. The molecular formula is C15H22N4O. The van der Waals surface area contributed by atoms with Crippen LogP contribution in [0.4, 0.5) is 11.6 Å². The zero-order valence-electron chi connectivity index (χ0n) is 12.5. The van der Waals surface area contributed by atoms with Crippen LogP contribution in [0, 0.1) is 13.8 Å². The number of aryl methyl sites for hydroxylation is 2. The molecule has 5 nitrogen and oxygen atoms in total. The second-order valence-electron chi connectivity index (χ2n) is 4.93. The van der Waals surface area contributed by atoms with Gasteiger partial charge in [0.2, 0.25) is 0 Å². The van der Waals surface area contributed by atoms with Crippen LogP contribution in [0.1, 0.15) is 43.7 Å². The Morgan fingerprint density at radius 3 is 2.60 bits per heavy atom. The van der Waals surface area contributed by atoms with Crippen LogP contribution in [0.3, 0.4) is 0 Å². The molecule has 0 aliphatic heterocycles. The summed E-state index contributed by atoms with van der Waals surface area (Å²) in [5, 5.41) is 6.62. The molecule has 108 valence electrons. The number of furan rings is 1. The molecule has 0 spiro atoms. The molecule has 0 saturated carbocycles. The van der Waals surface area contributed by atoms with Crippen molar-refractivity contribution in [1.82, 2.24) is 9.97 Å². The maximum absolute atomic E-state index is 5.62. The van der Waals surface area contributed by atoms with E-state index in [4.69, 9.17) is 4.42 Å². The highest BCUT2D eigenvalue weighted by Gasteiger charge is 2.11. The van der Waals surface area contributed by atoms with Gasteiger partial charge in [-0.1, -0.05) is 6.92 Å². The molecule has 2 aromatic heterocycles. The number of nitrogens with zero attached hydrogens (tertiary/aromatic N) is 2. The van der Waals surface area contributed by atoms with Crippen molar-refractivity contribution in [3.05, 3.63) is 35.5 Å². The van der Waals surface area contributed by atoms with Crippen LogP contribution in [0.15, 0.2) is 22.6 Å². The van der Waals surface area contributed by atoms with Crippen LogP contribution in [-0.4, -0.2) is 16.5 Å². The molecule has 2 N–H and O–H groups in total. The molecule has 0 fully saturated rings. The first kappa shape index (κ1) is 14.4. The Morgan fingerprint density at radius 1 is 1.20 bits per heavy atom. The predicted molar refractivity (Wildman–Crippen MR) is 81.0 cm³/mol. The van der Waals surface area contributed by atoms with Crippen LogP contribution in [0.25, 0.3) is 0 Å². The quantitative estimate of drug-likeness (QED) is 0.841. The summed E-state index contributed by atoms with van der Waals surface area (Å²) in [7, 11) is 0. The number of hydrogen-bond acceptors (Lipinski definition) is 5.